The second-order valence-corrected chi connectivity index (χ2v) is 3.72. The van der Waals surface area contributed by atoms with Crippen molar-refractivity contribution in [2.75, 3.05) is 27.4 Å². The summed E-state index contributed by atoms with van der Waals surface area (Å²) in [6, 6.07) is 0. The lowest BCUT2D eigenvalue weighted by atomic mass is 9.80. The second kappa shape index (κ2) is 5.55. The standard InChI is InChI=1S/C10H20O2/c1-11-7-9-5-3-4-6-10(9)8-12-2/h9-10H,3-8H2,1-2H3. The van der Waals surface area contributed by atoms with E-state index in [9.17, 15) is 0 Å². The van der Waals surface area contributed by atoms with Crippen molar-refractivity contribution in [3.63, 3.8) is 0 Å². The van der Waals surface area contributed by atoms with Crippen LogP contribution in [0.1, 0.15) is 25.7 Å². The quantitative estimate of drug-likeness (QED) is 0.646. The van der Waals surface area contributed by atoms with Crippen LogP contribution < -0.4 is 0 Å². The zero-order chi connectivity index (χ0) is 8.81. The Morgan fingerprint density at radius 2 is 1.33 bits per heavy atom. The SMILES string of the molecule is COCC1CCCCC1COC. The highest BCUT2D eigenvalue weighted by Gasteiger charge is 2.24. The summed E-state index contributed by atoms with van der Waals surface area (Å²) in [6.07, 6.45) is 5.38. The molecule has 1 saturated carbocycles. The second-order valence-electron chi connectivity index (χ2n) is 3.72. The largest absolute Gasteiger partial charge is 0.384 e. The predicted octanol–water partition coefficient (Wildman–Crippen LogP) is 2.09. The van der Waals surface area contributed by atoms with E-state index in [0.717, 1.165) is 25.0 Å². The van der Waals surface area contributed by atoms with E-state index in [4.69, 9.17) is 9.47 Å². The van der Waals surface area contributed by atoms with Crippen molar-refractivity contribution in [2.24, 2.45) is 11.8 Å². The Morgan fingerprint density at radius 1 is 0.917 bits per heavy atom. The minimum Gasteiger partial charge on any atom is -0.384 e. The summed E-state index contributed by atoms with van der Waals surface area (Å²) in [6.45, 7) is 1.82. The van der Waals surface area contributed by atoms with Crippen LogP contribution in [-0.4, -0.2) is 27.4 Å². The van der Waals surface area contributed by atoms with Gasteiger partial charge in [-0.05, 0) is 24.7 Å². The van der Waals surface area contributed by atoms with Gasteiger partial charge in [0.2, 0.25) is 0 Å². The lowest BCUT2D eigenvalue weighted by Crippen LogP contribution is -2.26. The van der Waals surface area contributed by atoms with Crippen LogP contribution in [0.3, 0.4) is 0 Å². The Labute approximate surface area is 75.2 Å². The van der Waals surface area contributed by atoms with Crippen LogP contribution in [-0.2, 0) is 9.47 Å². The summed E-state index contributed by atoms with van der Waals surface area (Å²) in [4.78, 5) is 0. The lowest BCUT2D eigenvalue weighted by Gasteiger charge is -2.30. The number of ether oxygens (including phenoxy) is 2. The maximum absolute atomic E-state index is 5.20. The summed E-state index contributed by atoms with van der Waals surface area (Å²) in [5.41, 5.74) is 0. The van der Waals surface area contributed by atoms with Crippen LogP contribution in [0.15, 0.2) is 0 Å². The van der Waals surface area contributed by atoms with Gasteiger partial charge in [-0.3, -0.25) is 0 Å². The van der Waals surface area contributed by atoms with Gasteiger partial charge >= 0.3 is 0 Å². The van der Waals surface area contributed by atoms with E-state index in [1.165, 1.54) is 25.7 Å². The van der Waals surface area contributed by atoms with E-state index < -0.39 is 0 Å². The molecule has 0 bridgehead atoms. The van der Waals surface area contributed by atoms with Gasteiger partial charge in [0.25, 0.3) is 0 Å². The van der Waals surface area contributed by atoms with E-state index in [1.807, 2.05) is 0 Å². The average molecular weight is 172 g/mol. The van der Waals surface area contributed by atoms with E-state index >= 15 is 0 Å². The topological polar surface area (TPSA) is 18.5 Å². The monoisotopic (exact) mass is 172 g/mol. The Morgan fingerprint density at radius 3 is 1.67 bits per heavy atom. The molecule has 0 aromatic rings. The third kappa shape index (κ3) is 2.76. The first-order valence-electron chi connectivity index (χ1n) is 4.86. The van der Waals surface area contributed by atoms with Crippen molar-refractivity contribution in [2.45, 2.75) is 25.7 Å². The summed E-state index contributed by atoms with van der Waals surface area (Å²) in [5, 5.41) is 0. The molecule has 0 aliphatic heterocycles. The smallest absolute Gasteiger partial charge is 0.0493 e. The minimum atomic E-state index is 0.740. The summed E-state index contributed by atoms with van der Waals surface area (Å²) in [7, 11) is 3.58. The van der Waals surface area contributed by atoms with Gasteiger partial charge in [0.05, 0.1) is 0 Å². The molecule has 1 aliphatic carbocycles. The normalized spacial score (nSPS) is 30.5. The summed E-state index contributed by atoms with van der Waals surface area (Å²) < 4.78 is 10.4. The number of rotatable bonds is 4. The number of methoxy groups -OCH3 is 2. The van der Waals surface area contributed by atoms with Gasteiger partial charge in [-0.25, -0.2) is 0 Å². The highest BCUT2D eigenvalue weighted by atomic mass is 16.5. The van der Waals surface area contributed by atoms with Crippen molar-refractivity contribution < 1.29 is 9.47 Å². The molecule has 2 unspecified atom stereocenters. The van der Waals surface area contributed by atoms with E-state index in [2.05, 4.69) is 0 Å². The van der Waals surface area contributed by atoms with Gasteiger partial charge in [0.15, 0.2) is 0 Å². The van der Waals surface area contributed by atoms with Crippen LogP contribution >= 0.6 is 0 Å². The molecular weight excluding hydrogens is 152 g/mol. The van der Waals surface area contributed by atoms with Gasteiger partial charge in [-0.1, -0.05) is 12.8 Å². The van der Waals surface area contributed by atoms with Gasteiger partial charge < -0.3 is 9.47 Å². The van der Waals surface area contributed by atoms with Crippen molar-refractivity contribution in [1.82, 2.24) is 0 Å². The molecule has 72 valence electrons. The molecule has 2 nitrogen and oxygen atoms in total. The fraction of sp³-hybridized carbons (Fsp3) is 1.00. The first-order valence-corrected chi connectivity index (χ1v) is 4.86. The zero-order valence-corrected chi connectivity index (χ0v) is 8.21. The fourth-order valence-electron chi connectivity index (χ4n) is 2.15. The number of hydrogen-bond donors (Lipinski definition) is 0. The van der Waals surface area contributed by atoms with Crippen LogP contribution in [0, 0.1) is 11.8 Å². The minimum absolute atomic E-state index is 0.740. The molecule has 0 heterocycles. The van der Waals surface area contributed by atoms with E-state index in [1.54, 1.807) is 14.2 Å². The van der Waals surface area contributed by atoms with Gasteiger partial charge in [-0.15, -0.1) is 0 Å². The highest BCUT2D eigenvalue weighted by molar-refractivity contribution is 4.74. The molecule has 0 aromatic heterocycles. The molecule has 1 rings (SSSR count). The Hall–Kier alpha value is -0.0800. The first kappa shape index (κ1) is 10.0. The van der Waals surface area contributed by atoms with Crippen LogP contribution in [0.25, 0.3) is 0 Å². The molecule has 0 radical (unpaired) electrons. The van der Waals surface area contributed by atoms with E-state index in [-0.39, 0.29) is 0 Å². The Balaban J connectivity index is 2.31. The Kier molecular flexibility index (Phi) is 4.62. The van der Waals surface area contributed by atoms with Crippen LogP contribution in [0.4, 0.5) is 0 Å². The molecule has 0 amide bonds. The van der Waals surface area contributed by atoms with Crippen LogP contribution in [0.2, 0.25) is 0 Å². The molecule has 0 saturated heterocycles. The molecular formula is C10H20O2. The molecule has 1 aliphatic rings. The maximum Gasteiger partial charge on any atom is 0.0493 e. The Bertz CT molecular complexity index is 96.4. The molecule has 0 aromatic carbocycles. The van der Waals surface area contributed by atoms with Crippen molar-refractivity contribution in [3.05, 3.63) is 0 Å². The fourth-order valence-corrected chi connectivity index (χ4v) is 2.15. The summed E-state index contributed by atoms with van der Waals surface area (Å²) >= 11 is 0. The van der Waals surface area contributed by atoms with Gasteiger partial charge in [0, 0.05) is 27.4 Å². The zero-order valence-electron chi connectivity index (χ0n) is 8.21. The highest BCUT2D eigenvalue weighted by Crippen LogP contribution is 2.30. The van der Waals surface area contributed by atoms with Gasteiger partial charge in [0.1, 0.15) is 0 Å². The van der Waals surface area contributed by atoms with Gasteiger partial charge in [-0.2, -0.15) is 0 Å². The molecule has 1 fully saturated rings. The molecule has 2 heteroatoms. The van der Waals surface area contributed by atoms with Crippen molar-refractivity contribution in [3.8, 4) is 0 Å². The third-order valence-corrected chi connectivity index (χ3v) is 2.83. The maximum atomic E-state index is 5.20. The molecule has 2 atom stereocenters. The lowest BCUT2D eigenvalue weighted by molar-refractivity contribution is 0.0465. The van der Waals surface area contributed by atoms with E-state index in [0.29, 0.717) is 0 Å². The van der Waals surface area contributed by atoms with Crippen molar-refractivity contribution >= 4 is 0 Å². The van der Waals surface area contributed by atoms with Crippen LogP contribution in [0.5, 0.6) is 0 Å². The first-order chi connectivity index (χ1) is 5.88. The number of hydrogen-bond acceptors (Lipinski definition) is 2. The molecule has 12 heavy (non-hydrogen) atoms. The summed E-state index contributed by atoms with van der Waals surface area (Å²) in [5.74, 6) is 1.48. The average Bonchev–Trinajstić information content (AvgIpc) is 2.09. The molecule has 0 spiro atoms. The molecule has 0 N–H and O–H groups in total. The predicted molar refractivity (Wildman–Crippen MR) is 49.2 cm³/mol. The third-order valence-electron chi connectivity index (χ3n) is 2.83. The van der Waals surface area contributed by atoms with Crippen molar-refractivity contribution in [1.29, 1.82) is 0 Å².